The van der Waals surface area contributed by atoms with Crippen LogP contribution in [0.25, 0.3) is 0 Å². The van der Waals surface area contributed by atoms with Crippen molar-refractivity contribution in [3.05, 3.63) is 29.3 Å². The SMILES string of the molecule is CC1CCCCCN1C(=O)c1ccc2c(c1)NCC2. The van der Waals surface area contributed by atoms with E-state index in [0.29, 0.717) is 6.04 Å². The first-order chi connectivity index (χ1) is 9.25. The van der Waals surface area contributed by atoms with Crippen LogP contribution < -0.4 is 5.32 Å². The van der Waals surface area contributed by atoms with Crippen molar-refractivity contribution >= 4 is 11.6 Å². The second kappa shape index (κ2) is 5.24. The Bertz CT molecular complexity index is 484. The first-order valence-electron chi connectivity index (χ1n) is 7.43. The van der Waals surface area contributed by atoms with Crippen LogP contribution in [0, 0.1) is 0 Å². The quantitative estimate of drug-likeness (QED) is 0.839. The summed E-state index contributed by atoms with van der Waals surface area (Å²) in [5.74, 6) is 0.200. The lowest BCUT2D eigenvalue weighted by atomic mass is 10.1. The van der Waals surface area contributed by atoms with Crippen LogP contribution in [0.3, 0.4) is 0 Å². The van der Waals surface area contributed by atoms with E-state index in [1.165, 1.54) is 18.4 Å². The molecule has 1 amide bonds. The molecule has 1 aromatic rings. The number of likely N-dealkylation sites (tertiary alicyclic amines) is 1. The van der Waals surface area contributed by atoms with E-state index in [9.17, 15) is 4.79 Å². The minimum absolute atomic E-state index is 0.200. The van der Waals surface area contributed by atoms with Gasteiger partial charge in [0.1, 0.15) is 0 Å². The predicted octanol–water partition coefficient (Wildman–Crippen LogP) is 3.06. The largest absolute Gasteiger partial charge is 0.384 e. The fraction of sp³-hybridized carbons (Fsp3) is 0.562. The molecule has 1 unspecified atom stereocenters. The zero-order valence-corrected chi connectivity index (χ0v) is 11.6. The summed E-state index contributed by atoms with van der Waals surface area (Å²) in [5, 5.41) is 3.35. The third-order valence-electron chi connectivity index (χ3n) is 4.38. The third kappa shape index (κ3) is 2.46. The number of carbonyl (C=O) groups excluding carboxylic acids is 1. The Morgan fingerprint density at radius 1 is 1.32 bits per heavy atom. The average molecular weight is 258 g/mol. The number of benzene rings is 1. The first-order valence-corrected chi connectivity index (χ1v) is 7.43. The second-order valence-electron chi connectivity index (χ2n) is 5.75. The van der Waals surface area contributed by atoms with E-state index in [0.717, 1.165) is 43.6 Å². The van der Waals surface area contributed by atoms with Crippen LogP contribution in [0.1, 0.15) is 48.5 Å². The Balaban J connectivity index is 1.82. The zero-order chi connectivity index (χ0) is 13.2. The van der Waals surface area contributed by atoms with Crippen molar-refractivity contribution < 1.29 is 4.79 Å². The summed E-state index contributed by atoms with van der Waals surface area (Å²) in [6.07, 6.45) is 5.84. The van der Waals surface area contributed by atoms with Gasteiger partial charge in [0.05, 0.1) is 0 Å². The molecule has 1 aromatic carbocycles. The van der Waals surface area contributed by atoms with Gasteiger partial charge in [-0.15, -0.1) is 0 Å². The summed E-state index contributed by atoms with van der Waals surface area (Å²) in [4.78, 5) is 14.7. The lowest BCUT2D eigenvalue weighted by Gasteiger charge is -2.27. The van der Waals surface area contributed by atoms with Crippen molar-refractivity contribution in [2.24, 2.45) is 0 Å². The topological polar surface area (TPSA) is 32.3 Å². The van der Waals surface area contributed by atoms with Crippen LogP contribution in [0.2, 0.25) is 0 Å². The summed E-state index contributed by atoms with van der Waals surface area (Å²) in [7, 11) is 0. The Kier molecular flexibility index (Phi) is 3.45. The summed E-state index contributed by atoms with van der Waals surface area (Å²) in [6.45, 7) is 4.08. The molecule has 3 nitrogen and oxygen atoms in total. The van der Waals surface area contributed by atoms with E-state index < -0.39 is 0 Å². The van der Waals surface area contributed by atoms with E-state index >= 15 is 0 Å². The van der Waals surface area contributed by atoms with Crippen LogP contribution in [0.15, 0.2) is 18.2 Å². The van der Waals surface area contributed by atoms with Gasteiger partial charge in [-0.3, -0.25) is 4.79 Å². The van der Waals surface area contributed by atoms with Crippen molar-refractivity contribution in [2.75, 3.05) is 18.4 Å². The highest BCUT2D eigenvalue weighted by Crippen LogP contribution is 2.25. The Hall–Kier alpha value is -1.51. The van der Waals surface area contributed by atoms with Gasteiger partial charge in [-0.25, -0.2) is 0 Å². The summed E-state index contributed by atoms with van der Waals surface area (Å²) in [5.41, 5.74) is 3.32. The molecule has 1 N–H and O–H groups in total. The van der Waals surface area contributed by atoms with Crippen LogP contribution >= 0.6 is 0 Å². The Morgan fingerprint density at radius 2 is 2.21 bits per heavy atom. The van der Waals surface area contributed by atoms with Gasteiger partial charge in [0, 0.05) is 30.4 Å². The van der Waals surface area contributed by atoms with Crippen LogP contribution in [-0.2, 0) is 6.42 Å². The summed E-state index contributed by atoms with van der Waals surface area (Å²) >= 11 is 0. The van der Waals surface area contributed by atoms with Gasteiger partial charge in [0.2, 0.25) is 0 Å². The minimum Gasteiger partial charge on any atom is -0.384 e. The third-order valence-corrected chi connectivity index (χ3v) is 4.38. The molecule has 2 aliphatic rings. The normalized spacial score (nSPS) is 22.6. The minimum atomic E-state index is 0.200. The number of nitrogens with zero attached hydrogens (tertiary/aromatic N) is 1. The van der Waals surface area contributed by atoms with Crippen LogP contribution in [0.4, 0.5) is 5.69 Å². The molecular weight excluding hydrogens is 236 g/mol. The number of anilines is 1. The van der Waals surface area contributed by atoms with Crippen molar-refractivity contribution in [3.8, 4) is 0 Å². The highest BCUT2D eigenvalue weighted by Gasteiger charge is 2.24. The second-order valence-corrected chi connectivity index (χ2v) is 5.75. The maximum atomic E-state index is 12.7. The zero-order valence-electron chi connectivity index (χ0n) is 11.6. The fourth-order valence-corrected chi connectivity index (χ4v) is 3.17. The number of rotatable bonds is 1. The number of hydrogen-bond acceptors (Lipinski definition) is 2. The predicted molar refractivity (Wildman–Crippen MR) is 77.6 cm³/mol. The van der Waals surface area contributed by atoms with Gasteiger partial charge >= 0.3 is 0 Å². The highest BCUT2D eigenvalue weighted by molar-refractivity contribution is 5.95. The molecule has 1 fully saturated rings. The molecule has 19 heavy (non-hydrogen) atoms. The van der Waals surface area contributed by atoms with Crippen LogP contribution in [-0.4, -0.2) is 29.9 Å². The molecule has 102 valence electrons. The van der Waals surface area contributed by atoms with Crippen molar-refractivity contribution in [1.29, 1.82) is 0 Å². The van der Waals surface area contributed by atoms with Crippen molar-refractivity contribution in [3.63, 3.8) is 0 Å². The number of amides is 1. The smallest absolute Gasteiger partial charge is 0.254 e. The summed E-state index contributed by atoms with van der Waals surface area (Å²) < 4.78 is 0. The maximum absolute atomic E-state index is 12.7. The maximum Gasteiger partial charge on any atom is 0.254 e. The van der Waals surface area contributed by atoms with E-state index in [1.54, 1.807) is 0 Å². The monoisotopic (exact) mass is 258 g/mol. The standard InChI is InChI=1S/C16H22N2O/c1-12-5-3-2-4-10-18(12)16(19)14-7-6-13-8-9-17-15(13)11-14/h6-7,11-12,17H,2-5,8-10H2,1H3. The van der Waals surface area contributed by atoms with Gasteiger partial charge in [-0.2, -0.15) is 0 Å². The molecule has 0 bridgehead atoms. The molecule has 0 spiro atoms. The summed E-state index contributed by atoms with van der Waals surface area (Å²) in [6, 6.07) is 6.50. The van der Waals surface area contributed by atoms with Gasteiger partial charge in [0.25, 0.3) is 5.91 Å². The van der Waals surface area contributed by atoms with Crippen molar-refractivity contribution in [2.45, 2.75) is 45.1 Å². The van der Waals surface area contributed by atoms with E-state index in [2.05, 4.69) is 23.2 Å². The molecule has 2 aliphatic heterocycles. The molecule has 3 rings (SSSR count). The Labute approximate surface area is 115 Å². The molecule has 0 saturated carbocycles. The lowest BCUT2D eigenvalue weighted by molar-refractivity contribution is 0.0698. The number of nitrogens with one attached hydrogen (secondary N) is 1. The number of hydrogen-bond donors (Lipinski definition) is 1. The molecule has 0 radical (unpaired) electrons. The van der Waals surface area contributed by atoms with E-state index in [1.807, 2.05) is 12.1 Å². The van der Waals surface area contributed by atoms with Gasteiger partial charge in [-0.05, 0) is 43.9 Å². The molecular formula is C16H22N2O. The number of carbonyl (C=O) groups is 1. The van der Waals surface area contributed by atoms with E-state index in [4.69, 9.17) is 0 Å². The van der Waals surface area contributed by atoms with Gasteiger partial charge < -0.3 is 10.2 Å². The highest BCUT2D eigenvalue weighted by atomic mass is 16.2. The molecule has 3 heteroatoms. The number of fused-ring (bicyclic) bond motifs is 1. The van der Waals surface area contributed by atoms with Gasteiger partial charge in [-0.1, -0.05) is 18.9 Å². The fourth-order valence-electron chi connectivity index (χ4n) is 3.17. The first kappa shape index (κ1) is 12.5. The molecule has 1 saturated heterocycles. The molecule has 2 heterocycles. The van der Waals surface area contributed by atoms with Crippen LogP contribution in [0.5, 0.6) is 0 Å². The molecule has 0 aromatic heterocycles. The van der Waals surface area contributed by atoms with E-state index in [-0.39, 0.29) is 5.91 Å². The molecule has 1 atom stereocenters. The lowest BCUT2D eigenvalue weighted by Crippen LogP contribution is -2.38. The average Bonchev–Trinajstić information content (AvgIpc) is 2.79. The Morgan fingerprint density at radius 3 is 3.11 bits per heavy atom. The van der Waals surface area contributed by atoms with Crippen molar-refractivity contribution in [1.82, 2.24) is 4.90 Å². The van der Waals surface area contributed by atoms with Gasteiger partial charge in [0.15, 0.2) is 0 Å². The molecule has 0 aliphatic carbocycles.